The third-order valence-corrected chi connectivity index (χ3v) is 4.33. The molecule has 2 fully saturated rings. The van der Waals surface area contributed by atoms with E-state index in [1.54, 1.807) is 4.90 Å². The van der Waals surface area contributed by atoms with E-state index in [4.69, 9.17) is 0 Å². The molecule has 23 heavy (non-hydrogen) atoms. The van der Waals surface area contributed by atoms with Crippen LogP contribution < -0.4 is 15.5 Å². The fourth-order valence-electron chi connectivity index (χ4n) is 3.02. The van der Waals surface area contributed by atoms with Gasteiger partial charge in [0.2, 0.25) is 5.91 Å². The quantitative estimate of drug-likeness (QED) is 0.783. The molecule has 2 saturated heterocycles. The minimum Gasteiger partial charge on any atom is -0.368 e. The maximum Gasteiger partial charge on any atom is 0.322 e. The van der Waals surface area contributed by atoms with Gasteiger partial charge in [-0.25, -0.2) is 4.79 Å². The fraction of sp³-hybridized carbons (Fsp3) is 0.438. The highest BCUT2D eigenvalue weighted by molar-refractivity contribution is 6.05. The second kappa shape index (κ2) is 6.28. The first kappa shape index (κ1) is 15.3. The Morgan fingerprint density at radius 1 is 1.17 bits per heavy atom. The van der Waals surface area contributed by atoms with Crippen LogP contribution in [0.15, 0.2) is 24.3 Å². The molecular weight excluding hydrogens is 296 g/mol. The zero-order valence-electron chi connectivity index (χ0n) is 13.0. The number of carbonyl (C=O) groups is 3. The van der Waals surface area contributed by atoms with E-state index < -0.39 is 18.0 Å². The molecule has 0 aliphatic carbocycles. The van der Waals surface area contributed by atoms with Gasteiger partial charge in [-0.1, -0.05) is 18.2 Å². The number of anilines is 1. The fourth-order valence-corrected chi connectivity index (χ4v) is 3.02. The van der Waals surface area contributed by atoms with Crippen LogP contribution in [0.1, 0.15) is 12.0 Å². The Bertz CT molecular complexity index is 638. The van der Waals surface area contributed by atoms with Crippen LogP contribution in [0.5, 0.6) is 0 Å². The molecular formula is C16H20N4O3. The number of piperazine rings is 1. The Morgan fingerprint density at radius 2 is 1.87 bits per heavy atom. The smallest absolute Gasteiger partial charge is 0.322 e. The number of amides is 4. The van der Waals surface area contributed by atoms with Crippen molar-refractivity contribution >= 4 is 23.5 Å². The maximum atomic E-state index is 12.3. The van der Waals surface area contributed by atoms with E-state index >= 15 is 0 Å². The molecule has 3 rings (SSSR count). The lowest BCUT2D eigenvalue weighted by atomic mass is 10.1. The number of para-hydroxylation sites is 1. The van der Waals surface area contributed by atoms with Crippen LogP contribution in [-0.2, 0) is 9.59 Å². The van der Waals surface area contributed by atoms with Crippen molar-refractivity contribution in [2.45, 2.75) is 19.4 Å². The second-order valence-electron chi connectivity index (χ2n) is 5.87. The summed E-state index contributed by atoms with van der Waals surface area (Å²) in [6.45, 7) is 4.85. The van der Waals surface area contributed by atoms with E-state index in [2.05, 4.69) is 34.6 Å². The third kappa shape index (κ3) is 3.28. The normalized spacial score (nSPS) is 21.2. The van der Waals surface area contributed by atoms with Gasteiger partial charge in [0, 0.05) is 31.9 Å². The maximum absolute atomic E-state index is 12.3. The van der Waals surface area contributed by atoms with Crippen LogP contribution in [0.4, 0.5) is 10.5 Å². The number of hydrogen-bond donors (Lipinski definition) is 2. The summed E-state index contributed by atoms with van der Waals surface area (Å²) in [4.78, 5) is 38.9. The Morgan fingerprint density at radius 3 is 2.48 bits per heavy atom. The van der Waals surface area contributed by atoms with Gasteiger partial charge in [-0.15, -0.1) is 0 Å². The van der Waals surface area contributed by atoms with Crippen LogP contribution in [0.3, 0.4) is 0 Å². The number of carbonyl (C=O) groups excluding carboxylic acids is 3. The van der Waals surface area contributed by atoms with Crippen LogP contribution in [0.25, 0.3) is 0 Å². The summed E-state index contributed by atoms with van der Waals surface area (Å²) in [6.07, 6.45) is 0.0158. The Labute approximate surface area is 134 Å². The zero-order chi connectivity index (χ0) is 16.4. The molecule has 0 bridgehead atoms. The Kier molecular flexibility index (Phi) is 4.18. The number of urea groups is 1. The molecule has 0 saturated carbocycles. The first-order valence-corrected chi connectivity index (χ1v) is 7.74. The molecule has 4 amide bonds. The molecule has 0 aromatic heterocycles. The standard InChI is InChI=1S/C16H20N4O3/c1-11-4-2-3-5-13(11)19-6-8-20(9-7-19)14(21)10-12-15(22)18-16(23)17-12/h2-5,12H,6-10H2,1H3,(H2,17,18,22,23)/t12-/m0/s1. The molecule has 2 heterocycles. The lowest BCUT2D eigenvalue weighted by Crippen LogP contribution is -2.50. The highest BCUT2D eigenvalue weighted by Gasteiger charge is 2.33. The van der Waals surface area contributed by atoms with Crippen LogP contribution in [0, 0.1) is 6.92 Å². The van der Waals surface area contributed by atoms with Crippen LogP contribution in [-0.4, -0.2) is 55.0 Å². The van der Waals surface area contributed by atoms with E-state index in [0.29, 0.717) is 13.1 Å². The summed E-state index contributed by atoms with van der Waals surface area (Å²) < 4.78 is 0. The SMILES string of the molecule is Cc1ccccc1N1CCN(C(=O)C[C@@H]2NC(=O)NC2=O)CC1. The van der Waals surface area contributed by atoms with Crippen molar-refractivity contribution in [2.75, 3.05) is 31.1 Å². The van der Waals surface area contributed by atoms with Gasteiger partial charge in [0.1, 0.15) is 6.04 Å². The second-order valence-corrected chi connectivity index (χ2v) is 5.87. The lowest BCUT2D eigenvalue weighted by Gasteiger charge is -2.37. The van der Waals surface area contributed by atoms with Crippen molar-refractivity contribution in [2.24, 2.45) is 0 Å². The van der Waals surface area contributed by atoms with E-state index in [1.165, 1.54) is 11.3 Å². The van der Waals surface area contributed by atoms with Crippen molar-refractivity contribution in [3.05, 3.63) is 29.8 Å². The van der Waals surface area contributed by atoms with E-state index in [-0.39, 0.29) is 12.3 Å². The predicted octanol–water partition coefficient (Wildman–Crippen LogP) is 0.242. The van der Waals surface area contributed by atoms with Crippen molar-refractivity contribution in [1.29, 1.82) is 0 Å². The third-order valence-electron chi connectivity index (χ3n) is 4.33. The van der Waals surface area contributed by atoms with Gasteiger partial charge in [-0.2, -0.15) is 0 Å². The van der Waals surface area contributed by atoms with Gasteiger partial charge in [-0.05, 0) is 18.6 Å². The molecule has 0 spiro atoms. The largest absolute Gasteiger partial charge is 0.368 e. The summed E-state index contributed by atoms with van der Waals surface area (Å²) in [5.74, 6) is -0.529. The molecule has 2 aliphatic heterocycles. The number of rotatable bonds is 3. The number of aryl methyl sites for hydroxylation is 1. The molecule has 2 N–H and O–H groups in total. The predicted molar refractivity (Wildman–Crippen MR) is 85.1 cm³/mol. The first-order chi connectivity index (χ1) is 11.0. The average Bonchev–Trinajstić information content (AvgIpc) is 2.85. The molecule has 1 aromatic rings. The molecule has 7 nitrogen and oxygen atoms in total. The van der Waals surface area contributed by atoms with Crippen LogP contribution >= 0.6 is 0 Å². The summed E-state index contributed by atoms with van der Waals surface area (Å²) >= 11 is 0. The summed E-state index contributed by atoms with van der Waals surface area (Å²) in [6, 6.07) is 6.92. The van der Waals surface area contributed by atoms with Gasteiger partial charge in [0.15, 0.2) is 0 Å². The van der Waals surface area contributed by atoms with Gasteiger partial charge >= 0.3 is 6.03 Å². The average molecular weight is 316 g/mol. The zero-order valence-corrected chi connectivity index (χ0v) is 13.0. The monoisotopic (exact) mass is 316 g/mol. The van der Waals surface area contributed by atoms with Gasteiger partial charge in [0.25, 0.3) is 5.91 Å². The molecule has 1 aromatic carbocycles. The van der Waals surface area contributed by atoms with Gasteiger partial charge in [0.05, 0.1) is 6.42 Å². The highest BCUT2D eigenvalue weighted by Crippen LogP contribution is 2.21. The summed E-state index contributed by atoms with van der Waals surface area (Å²) in [5.41, 5.74) is 2.42. The number of benzene rings is 1. The molecule has 0 unspecified atom stereocenters. The molecule has 0 radical (unpaired) electrons. The Balaban J connectivity index is 1.54. The van der Waals surface area contributed by atoms with E-state index in [1.807, 2.05) is 12.1 Å². The minimum absolute atomic E-state index is 0.0158. The van der Waals surface area contributed by atoms with Crippen molar-refractivity contribution in [3.63, 3.8) is 0 Å². The molecule has 122 valence electrons. The number of nitrogens with one attached hydrogen (secondary N) is 2. The van der Waals surface area contributed by atoms with Crippen molar-refractivity contribution in [3.8, 4) is 0 Å². The van der Waals surface area contributed by atoms with E-state index in [9.17, 15) is 14.4 Å². The topological polar surface area (TPSA) is 81.8 Å². The highest BCUT2D eigenvalue weighted by atomic mass is 16.2. The lowest BCUT2D eigenvalue weighted by molar-refractivity contribution is -0.134. The molecule has 7 heteroatoms. The number of hydrogen-bond acceptors (Lipinski definition) is 4. The minimum atomic E-state index is -0.746. The summed E-state index contributed by atoms with van der Waals surface area (Å²) in [7, 11) is 0. The molecule has 1 atom stereocenters. The van der Waals surface area contributed by atoms with Crippen molar-refractivity contribution < 1.29 is 14.4 Å². The van der Waals surface area contributed by atoms with Gasteiger partial charge < -0.3 is 15.1 Å². The van der Waals surface area contributed by atoms with Crippen LogP contribution in [0.2, 0.25) is 0 Å². The molecule has 2 aliphatic rings. The number of nitrogens with zero attached hydrogens (tertiary/aromatic N) is 2. The number of imide groups is 1. The van der Waals surface area contributed by atoms with Crippen molar-refractivity contribution in [1.82, 2.24) is 15.5 Å². The summed E-state index contributed by atoms with van der Waals surface area (Å²) in [5, 5.41) is 4.60. The Hall–Kier alpha value is -2.57. The van der Waals surface area contributed by atoms with E-state index in [0.717, 1.165) is 13.1 Å². The van der Waals surface area contributed by atoms with Gasteiger partial charge in [-0.3, -0.25) is 14.9 Å². The first-order valence-electron chi connectivity index (χ1n) is 7.74.